The summed E-state index contributed by atoms with van der Waals surface area (Å²) in [7, 11) is 0. The van der Waals surface area contributed by atoms with Gasteiger partial charge in [0, 0.05) is 23.8 Å². The molecule has 94 valence electrons. The van der Waals surface area contributed by atoms with E-state index in [2.05, 4.69) is 54.4 Å². The summed E-state index contributed by atoms with van der Waals surface area (Å²) in [5.74, 6) is 0.917. The van der Waals surface area contributed by atoms with Gasteiger partial charge in [0.25, 0.3) is 0 Å². The Labute approximate surface area is 119 Å². The molecule has 0 amide bonds. The molecule has 1 aromatic heterocycles. The van der Waals surface area contributed by atoms with Gasteiger partial charge in [0.15, 0.2) is 0 Å². The molecule has 1 fully saturated rings. The van der Waals surface area contributed by atoms with Crippen LogP contribution in [0.1, 0.15) is 19.8 Å². The number of rotatable bonds is 3. The largest absolute Gasteiger partial charge is 0.369 e. The highest BCUT2D eigenvalue weighted by Crippen LogP contribution is 2.28. The Hall–Kier alpha value is -0.130. The summed E-state index contributed by atoms with van der Waals surface area (Å²) in [4.78, 5) is 4.37. The van der Waals surface area contributed by atoms with E-state index in [9.17, 15) is 0 Å². The molecule has 1 saturated heterocycles. The normalized spacial score (nSPS) is 24.6. The standard InChI is InChI=1S/C12H17Br2N3/c1-12(3-2-4-15-7-12)8-17-11-10(14)5-9(13)6-16-11/h5-6,15H,2-4,7-8H2,1H3,(H,16,17). The number of nitrogens with zero attached hydrogens (tertiary/aromatic N) is 1. The highest BCUT2D eigenvalue weighted by molar-refractivity contribution is 9.11. The molecular weight excluding hydrogens is 346 g/mol. The molecule has 2 N–H and O–H groups in total. The number of nitrogens with one attached hydrogen (secondary N) is 2. The van der Waals surface area contributed by atoms with E-state index in [-0.39, 0.29) is 0 Å². The van der Waals surface area contributed by atoms with E-state index in [0.29, 0.717) is 5.41 Å². The van der Waals surface area contributed by atoms with E-state index in [1.807, 2.05) is 12.3 Å². The molecule has 1 aliphatic rings. The molecule has 17 heavy (non-hydrogen) atoms. The van der Waals surface area contributed by atoms with Gasteiger partial charge in [-0.1, -0.05) is 6.92 Å². The van der Waals surface area contributed by atoms with Gasteiger partial charge in [0.05, 0.1) is 4.47 Å². The second-order valence-electron chi connectivity index (χ2n) is 4.93. The van der Waals surface area contributed by atoms with E-state index < -0.39 is 0 Å². The van der Waals surface area contributed by atoms with Gasteiger partial charge in [0.2, 0.25) is 0 Å². The lowest BCUT2D eigenvalue weighted by Gasteiger charge is -2.34. The first kappa shape index (κ1) is 13.3. The first-order valence-electron chi connectivity index (χ1n) is 5.85. The first-order valence-corrected chi connectivity index (χ1v) is 7.43. The van der Waals surface area contributed by atoms with Crippen LogP contribution in [0.4, 0.5) is 5.82 Å². The Kier molecular flexibility index (Phi) is 4.44. The highest BCUT2D eigenvalue weighted by atomic mass is 79.9. The molecule has 0 bridgehead atoms. The first-order chi connectivity index (χ1) is 8.09. The zero-order chi connectivity index (χ0) is 12.3. The van der Waals surface area contributed by atoms with E-state index in [1.165, 1.54) is 12.8 Å². The Morgan fingerprint density at radius 3 is 3.00 bits per heavy atom. The van der Waals surface area contributed by atoms with E-state index in [4.69, 9.17) is 0 Å². The Balaban J connectivity index is 1.97. The SMILES string of the molecule is CC1(CNc2ncc(Br)cc2Br)CCCNC1. The van der Waals surface area contributed by atoms with Crippen molar-refractivity contribution in [2.45, 2.75) is 19.8 Å². The van der Waals surface area contributed by atoms with Crippen LogP contribution in [0.15, 0.2) is 21.2 Å². The van der Waals surface area contributed by atoms with Crippen LogP contribution < -0.4 is 10.6 Å². The molecule has 3 nitrogen and oxygen atoms in total. The van der Waals surface area contributed by atoms with Crippen molar-refractivity contribution in [2.75, 3.05) is 25.0 Å². The maximum Gasteiger partial charge on any atom is 0.140 e. The predicted octanol–water partition coefficient (Wildman–Crippen LogP) is 3.41. The maximum absolute atomic E-state index is 4.37. The topological polar surface area (TPSA) is 37.0 Å². The van der Waals surface area contributed by atoms with E-state index in [1.54, 1.807) is 0 Å². The van der Waals surface area contributed by atoms with Crippen LogP contribution in [0.25, 0.3) is 0 Å². The second-order valence-corrected chi connectivity index (χ2v) is 6.70. The van der Waals surface area contributed by atoms with Gasteiger partial charge in [-0.3, -0.25) is 0 Å². The van der Waals surface area contributed by atoms with Crippen molar-refractivity contribution in [3.05, 3.63) is 21.2 Å². The van der Waals surface area contributed by atoms with Crippen molar-refractivity contribution in [2.24, 2.45) is 5.41 Å². The van der Waals surface area contributed by atoms with Crippen LogP contribution in [-0.4, -0.2) is 24.6 Å². The minimum Gasteiger partial charge on any atom is -0.369 e. The van der Waals surface area contributed by atoms with Gasteiger partial charge in [-0.2, -0.15) is 0 Å². The number of anilines is 1. The third-order valence-corrected chi connectivity index (χ3v) is 4.21. The third-order valence-electron chi connectivity index (χ3n) is 3.18. The molecule has 2 heterocycles. The van der Waals surface area contributed by atoms with Gasteiger partial charge in [0.1, 0.15) is 5.82 Å². The van der Waals surface area contributed by atoms with Gasteiger partial charge < -0.3 is 10.6 Å². The fraction of sp³-hybridized carbons (Fsp3) is 0.583. The molecule has 0 saturated carbocycles. The summed E-state index contributed by atoms with van der Waals surface area (Å²) in [6.45, 7) is 5.50. The summed E-state index contributed by atoms with van der Waals surface area (Å²) in [5.41, 5.74) is 0.326. The van der Waals surface area contributed by atoms with Crippen LogP contribution in [0.5, 0.6) is 0 Å². The van der Waals surface area contributed by atoms with Gasteiger partial charge in [-0.15, -0.1) is 0 Å². The average Bonchev–Trinajstić information content (AvgIpc) is 2.29. The number of hydrogen-bond donors (Lipinski definition) is 2. The maximum atomic E-state index is 4.37. The fourth-order valence-electron chi connectivity index (χ4n) is 2.11. The number of hydrogen-bond acceptors (Lipinski definition) is 3. The van der Waals surface area contributed by atoms with Crippen LogP contribution in [0.2, 0.25) is 0 Å². The van der Waals surface area contributed by atoms with Crippen molar-refractivity contribution >= 4 is 37.7 Å². The van der Waals surface area contributed by atoms with Gasteiger partial charge in [-0.05, 0) is 62.7 Å². The van der Waals surface area contributed by atoms with Crippen molar-refractivity contribution < 1.29 is 0 Å². The fourth-order valence-corrected chi connectivity index (χ4v) is 3.24. The zero-order valence-electron chi connectivity index (χ0n) is 9.89. The van der Waals surface area contributed by atoms with Gasteiger partial charge >= 0.3 is 0 Å². The molecule has 0 aromatic carbocycles. The lowest BCUT2D eigenvalue weighted by molar-refractivity contribution is 0.253. The summed E-state index contributed by atoms with van der Waals surface area (Å²) in [5, 5.41) is 6.89. The third kappa shape index (κ3) is 3.66. The molecule has 1 aliphatic heterocycles. The second kappa shape index (κ2) is 5.67. The highest BCUT2D eigenvalue weighted by Gasteiger charge is 2.26. The van der Waals surface area contributed by atoms with Crippen LogP contribution in [-0.2, 0) is 0 Å². The molecule has 0 spiro atoms. The molecule has 5 heteroatoms. The van der Waals surface area contributed by atoms with Crippen molar-refractivity contribution in [1.82, 2.24) is 10.3 Å². The van der Waals surface area contributed by atoms with Gasteiger partial charge in [-0.25, -0.2) is 4.98 Å². The monoisotopic (exact) mass is 361 g/mol. The molecule has 1 aromatic rings. The minimum atomic E-state index is 0.326. The Morgan fingerprint density at radius 2 is 2.35 bits per heavy atom. The average molecular weight is 363 g/mol. The van der Waals surface area contributed by atoms with Crippen LogP contribution >= 0.6 is 31.9 Å². The Morgan fingerprint density at radius 1 is 1.53 bits per heavy atom. The summed E-state index contributed by atoms with van der Waals surface area (Å²) in [6.07, 6.45) is 4.34. The lowest BCUT2D eigenvalue weighted by atomic mass is 9.83. The van der Waals surface area contributed by atoms with E-state index in [0.717, 1.165) is 34.4 Å². The summed E-state index contributed by atoms with van der Waals surface area (Å²) >= 11 is 6.92. The lowest BCUT2D eigenvalue weighted by Crippen LogP contribution is -2.42. The summed E-state index contributed by atoms with van der Waals surface area (Å²) < 4.78 is 1.99. The predicted molar refractivity (Wildman–Crippen MR) is 78.3 cm³/mol. The van der Waals surface area contributed by atoms with Crippen molar-refractivity contribution in [1.29, 1.82) is 0 Å². The van der Waals surface area contributed by atoms with Crippen LogP contribution in [0.3, 0.4) is 0 Å². The molecule has 0 radical (unpaired) electrons. The molecule has 2 rings (SSSR count). The minimum absolute atomic E-state index is 0.326. The molecule has 1 unspecified atom stereocenters. The molecule has 0 aliphatic carbocycles. The smallest absolute Gasteiger partial charge is 0.140 e. The van der Waals surface area contributed by atoms with Crippen LogP contribution in [0, 0.1) is 5.41 Å². The zero-order valence-corrected chi connectivity index (χ0v) is 13.1. The number of pyridine rings is 1. The quantitative estimate of drug-likeness (QED) is 0.865. The molecule has 1 atom stereocenters. The number of aromatic nitrogens is 1. The number of halogens is 2. The molecular formula is C12H17Br2N3. The number of piperidine rings is 1. The van der Waals surface area contributed by atoms with Crippen molar-refractivity contribution in [3.8, 4) is 0 Å². The Bertz CT molecular complexity index is 389. The van der Waals surface area contributed by atoms with E-state index >= 15 is 0 Å². The van der Waals surface area contributed by atoms with Crippen molar-refractivity contribution in [3.63, 3.8) is 0 Å². The summed E-state index contributed by atoms with van der Waals surface area (Å²) in [6, 6.07) is 2.01.